The van der Waals surface area contributed by atoms with Gasteiger partial charge in [0.2, 0.25) is 0 Å². The molecule has 1 heterocycles. The molecule has 0 aromatic heterocycles. The van der Waals surface area contributed by atoms with Gasteiger partial charge in [-0.3, -0.25) is 0 Å². The van der Waals surface area contributed by atoms with Crippen LogP contribution in [0.4, 0.5) is 0 Å². The molecule has 0 radical (unpaired) electrons. The first-order valence-electron chi connectivity index (χ1n) is 8.13. The number of aliphatic hydroxyl groups is 1. The van der Waals surface area contributed by atoms with Gasteiger partial charge in [-0.25, -0.2) is 4.79 Å². The fraction of sp³-hybridized carbons (Fsp3) is 0.500. The number of carboxylic acids is 1. The van der Waals surface area contributed by atoms with Gasteiger partial charge in [0.25, 0.3) is 0 Å². The van der Waals surface area contributed by atoms with Gasteiger partial charge in [0.05, 0.1) is 5.56 Å². The first-order valence-corrected chi connectivity index (χ1v) is 8.13. The van der Waals surface area contributed by atoms with E-state index in [1.807, 2.05) is 0 Å². The average Bonchev–Trinajstić information content (AvgIpc) is 2.95. The quantitative estimate of drug-likeness (QED) is 0.786. The van der Waals surface area contributed by atoms with E-state index in [0.29, 0.717) is 12.3 Å². The highest BCUT2D eigenvalue weighted by Gasteiger charge is 2.33. The molecule has 1 aromatic rings. The number of hydrogen-bond acceptors (Lipinski definition) is 4. The number of nitrogens with zero attached hydrogens (tertiary/aromatic N) is 1. The SMILES string of the molecule is O=C(O)c1ccc(OCC(O)CN2C[C@H]3CC=CC[C@H]3C2)cc1. The Morgan fingerprint density at radius 3 is 2.35 bits per heavy atom. The smallest absolute Gasteiger partial charge is 0.335 e. The lowest BCUT2D eigenvalue weighted by Gasteiger charge is -2.20. The number of aromatic carboxylic acids is 1. The summed E-state index contributed by atoms with van der Waals surface area (Å²) >= 11 is 0. The summed E-state index contributed by atoms with van der Waals surface area (Å²) in [6.07, 6.45) is 6.31. The number of β-amino-alcohol motifs (C(OH)–C–C–N with tert-alkyl or cyclic N) is 1. The van der Waals surface area contributed by atoms with Crippen molar-refractivity contribution in [2.45, 2.75) is 18.9 Å². The van der Waals surface area contributed by atoms with Crippen molar-refractivity contribution in [1.82, 2.24) is 4.90 Å². The number of ether oxygens (including phenoxy) is 1. The predicted octanol–water partition coefficient (Wildman–Crippen LogP) is 2.02. The van der Waals surface area contributed by atoms with E-state index in [0.717, 1.165) is 37.8 Å². The van der Waals surface area contributed by atoms with Crippen LogP contribution in [0.3, 0.4) is 0 Å². The molecule has 23 heavy (non-hydrogen) atoms. The van der Waals surface area contributed by atoms with Crippen LogP contribution >= 0.6 is 0 Å². The van der Waals surface area contributed by atoms with Gasteiger partial charge in [-0.05, 0) is 48.9 Å². The lowest BCUT2D eigenvalue weighted by Crippen LogP contribution is -2.34. The van der Waals surface area contributed by atoms with E-state index < -0.39 is 12.1 Å². The minimum Gasteiger partial charge on any atom is -0.491 e. The Morgan fingerprint density at radius 2 is 1.78 bits per heavy atom. The van der Waals surface area contributed by atoms with Crippen LogP contribution in [0.1, 0.15) is 23.2 Å². The molecule has 0 saturated carbocycles. The van der Waals surface area contributed by atoms with Gasteiger partial charge >= 0.3 is 5.97 Å². The molecule has 0 bridgehead atoms. The Bertz CT molecular complexity index is 553. The zero-order valence-electron chi connectivity index (χ0n) is 13.1. The first-order chi connectivity index (χ1) is 11.1. The summed E-state index contributed by atoms with van der Waals surface area (Å²) in [5, 5.41) is 19.0. The second-order valence-corrected chi connectivity index (χ2v) is 6.48. The second kappa shape index (κ2) is 7.15. The van der Waals surface area contributed by atoms with Gasteiger partial charge in [0.1, 0.15) is 18.5 Å². The summed E-state index contributed by atoms with van der Waals surface area (Å²) in [4.78, 5) is 13.1. The van der Waals surface area contributed by atoms with Crippen LogP contribution in [0.25, 0.3) is 0 Å². The molecule has 1 aromatic carbocycles. The third-order valence-electron chi connectivity index (χ3n) is 4.71. The zero-order chi connectivity index (χ0) is 16.2. The zero-order valence-corrected chi connectivity index (χ0v) is 13.1. The standard InChI is InChI=1S/C18H23NO4/c20-16(11-19-9-14-3-1-2-4-15(14)10-19)12-23-17-7-5-13(6-8-17)18(21)22/h1-2,5-8,14-16,20H,3-4,9-12H2,(H,21,22)/t14-,15+,16?. The maximum atomic E-state index is 10.8. The van der Waals surface area contributed by atoms with Gasteiger partial charge in [-0.15, -0.1) is 0 Å². The van der Waals surface area contributed by atoms with E-state index >= 15 is 0 Å². The molecule has 0 spiro atoms. The fourth-order valence-electron chi connectivity index (χ4n) is 3.50. The van der Waals surface area contributed by atoms with Crippen molar-refractivity contribution in [2.75, 3.05) is 26.2 Å². The van der Waals surface area contributed by atoms with E-state index in [-0.39, 0.29) is 12.2 Å². The van der Waals surface area contributed by atoms with Crippen molar-refractivity contribution < 1.29 is 19.7 Å². The number of allylic oxidation sites excluding steroid dienone is 2. The Hall–Kier alpha value is -1.85. The van der Waals surface area contributed by atoms with Gasteiger partial charge in [-0.1, -0.05) is 12.2 Å². The van der Waals surface area contributed by atoms with Gasteiger partial charge < -0.3 is 19.8 Å². The van der Waals surface area contributed by atoms with Crippen LogP contribution in [0.15, 0.2) is 36.4 Å². The number of aliphatic hydroxyl groups excluding tert-OH is 1. The number of benzene rings is 1. The van der Waals surface area contributed by atoms with Crippen LogP contribution in [0.5, 0.6) is 5.75 Å². The highest BCUT2D eigenvalue weighted by Crippen LogP contribution is 2.32. The predicted molar refractivity (Wildman–Crippen MR) is 86.7 cm³/mol. The highest BCUT2D eigenvalue weighted by molar-refractivity contribution is 5.87. The molecule has 3 rings (SSSR count). The van der Waals surface area contributed by atoms with Crippen LogP contribution < -0.4 is 4.74 Å². The molecule has 5 nitrogen and oxygen atoms in total. The number of carboxylic acid groups (broad SMARTS) is 1. The maximum absolute atomic E-state index is 10.8. The summed E-state index contributed by atoms with van der Waals surface area (Å²) in [5.41, 5.74) is 0.228. The molecular formula is C18H23NO4. The average molecular weight is 317 g/mol. The van der Waals surface area contributed by atoms with Crippen molar-refractivity contribution >= 4 is 5.97 Å². The lowest BCUT2D eigenvalue weighted by molar-refractivity contribution is 0.0694. The number of likely N-dealkylation sites (tertiary alicyclic amines) is 1. The van der Waals surface area contributed by atoms with Gasteiger partial charge in [0, 0.05) is 19.6 Å². The summed E-state index contributed by atoms with van der Waals surface area (Å²) < 4.78 is 5.55. The third kappa shape index (κ3) is 4.12. The van der Waals surface area contributed by atoms with Gasteiger partial charge in [-0.2, -0.15) is 0 Å². The monoisotopic (exact) mass is 317 g/mol. The Morgan fingerprint density at radius 1 is 1.17 bits per heavy atom. The molecule has 5 heteroatoms. The molecule has 1 fully saturated rings. The summed E-state index contributed by atoms with van der Waals surface area (Å²) in [6.45, 7) is 2.95. The topological polar surface area (TPSA) is 70.0 Å². The minimum absolute atomic E-state index is 0.219. The molecule has 1 unspecified atom stereocenters. The van der Waals surface area contributed by atoms with Crippen molar-refractivity contribution in [1.29, 1.82) is 0 Å². The summed E-state index contributed by atoms with van der Waals surface area (Å²) in [7, 11) is 0. The Kier molecular flexibility index (Phi) is 4.98. The highest BCUT2D eigenvalue weighted by atomic mass is 16.5. The number of carbonyl (C=O) groups is 1. The normalized spacial score (nSPS) is 25.1. The molecule has 0 amide bonds. The lowest BCUT2D eigenvalue weighted by atomic mass is 9.86. The Labute approximate surface area is 136 Å². The van der Waals surface area contributed by atoms with E-state index in [9.17, 15) is 9.90 Å². The molecular weight excluding hydrogens is 294 g/mol. The van der Waals surface area contributed by atoms with E-state index in [1.165, 1.54) is 12.1 Å². The van der Waals surface area contributed by atoms with Crippen molar-refractivity contribution in [3.8, 4) is 5.75 Å². The van der Waals surface area contributed by atoms with Crippen LogP contribution in [0, 0.1) is 11.8 Å². The molecule has 3 atom stereocenters. The van der Waals surface area contributed by atoms with E-state index in [1.54, 1.807) is 12.1 Å². The number of fused-ring (bicyclic) bond motifs is 1. The minimum atomic E-state index is -0.957. The largest absolute Gasteiger partial charge is 0.491 e. The van der Waals surface area contributed by atoms with Crippen LogP contribution in [0.2, 0.25) is 0 Å². The van der Waals surface area contributed by atoms with Gasteiger partial charge in [0.15, 0.2) is 0 Å². The second-order valence-electron chi connectivity index (χ2n) is 6.48. The fourth-order valence-corrected chi connectivity index (χ4v) is 3.50. The number of hydrogen-bond donors (Lipinski definition) is 2. The summed E-state index contributed by atoms with van der Waals surface area (Å²) in [5.74, 6) is 1.09. The molecule has 1 saturated heterocycles. The molecule has 124 valence electrons. The van der Waals surface area contributed by atoms with Crippen molar-refractivity contribution in [3.05, 3.63) is 42.0 Å². The van der Waals surface area contributed by atoms with Crippen molar-refractivity contribution in [3.63, 3.8) is 0 Å². The molecule has 2 N–H and O–H groups in total. The maximum Gasteiger partial charge on any atom is 0.335 e. The summed E-state index contributed by atoms with van der Waals surface area (Å²) in [6, 6.07) is 6.24. The first kappa shape index (κ1) is 16.0. The Balaban J connectivity index is 1.43. The van der Waals surface area contributed by atoms with Crippen LogP contribution in [-0.4, -0.2) is 53.4 Å². The van der Waals surface area contributed by atoms with Crippen molar-refractivity contribution in [2.24, 2.45) is 11.8 Å². The van der Waals surface area contributed by atoms with E-state index in [4.69, 9.17) is 9.84 Å². The van der Waals surface area contributed by atoms with Crippen LogP contribution in [-0.2, 0) is 0 Å². The third-order valence-corrected chi connectivity index (χ3v) is 4.71. The van der Waals surface area contributed by atoms with E-state index in [2.05, 4.69) is 17.1 Å². The molecule has 1 aliphatic carbocycles. The molecule has 2 aliphatic rings. The number of rotatable bonds is 6. The molecule has 1 aliphatic heterocycles.